The van der Waals surface area contributed by atoms with Crippen LogP contribution in [0.5, 0.6) is 0 Å². The van der Waals surface area contributed by atoms with Gasteiger partial charge in [0, 0.05) is 11.1 Å². The molecule has 2 aromatic heterocycles. The van der Waals surface area contributed by atoms with Gasteiger partial charge in [-0.3, -0.25) is 9.59 Å². The summed E-state index contributed by atoms with van der Waals surface area (Å²) in [5.74, 6) is -1.90. The number of carbonyl (C=O) groups is 2. The van der Waals surface area contributed by atoms with Gasteiger partial charge >= 0.3 is 5.97 Å². The molecule has 0 aliphatic rings. The number of hydrogen-bond acceptors (Lipinski definition) is 4. The van der Waals surface area contributed by atoms with Crippen molar-refractivity contribution in [2.24, 2.45) is 0 Å². The number of thiophene rings is 1. The summed E-state index contributed by atoms with van der Waals surface area (Å²) in [5.41, 5.74) is -0.680. The van der Waals surface area contributed by atoms with Crippen LogP contribution in [0.1, 0.15) is 21.3 Å². The van der Waals surface area contributed by atoms with E-state index in [4.69, 9.17) is 5.11 Å². The minimum atomic E-state index is -1.18. The Kier molecular flexibility index (Phi) is 3.76. The second-order valence-corrected chi connectivity index (χ2v) is 4.65. The van der Waals surface area contributed by atoms with Crippen LogP contribution in [0.2, 0.25) is 0 Å². The molecule has 2 aromatic rings. The summed E-state index contributed by atoms with van der Waals surface area (Å²) in [5, 5.41) is 13.2. The third kappa shape index (κ3) is 2.89. The van der Waals surface area contributed by atoms with Crippen molar-refractivity contribution in [3.63, 3.8) is 0 Å². The van der Waals surface area contributed by atoms with Crippen molar-refractivity contribution in [1.82, 2.24) is 10.3 Å². The molecule has 2 rings (SSSR count). The lowest BCUT2D eigenvalue weighted by molar-refractivity contribution is -0.139. The van der Waals surface area contributed by atoms with Crippen LogP contribution in [0.25, 0.3) is 0 Å². The number of aromatic amines is 1. The fourth-order valence-corrected chi connectivity index (χ4v) is 2.29. The lowest BCUT2D eigenvalue weighted by Crippen LogP contribution is -2.36. The summed E-state index contributed by atoms with van der Waals surface area (Å²) < 4.78 is 0. The molecule has 1 unspecified atom stereocenters. The van der Waals surface area contributed by atoms with E-state index < -0.39 is 23.5 Å². The van der Waals surface area contributed by atoms with Crippen LogP contribution in [0.3, 0.4) is 0 Å². The highest BCUT2D eigenvalue weighted by molar-refractivity contribution is 7.10. The average molecular weight is 278 g/mol. The lowest BCUT2D eigenvalue weighted by Gasteiger charge is -2.12. The van der Waals surface area contributed by atoms with Crippen molar-refractivity contribution < 1.29 is 14.7 Å². The number of carboxylic acid groups (broad SMARTS) is 1. The molecular weight excluding hydrogens is 268 g/mol. The Morgan fingerprint density at radius 3 is 2.68 bits per heavy atom. The number of aromatic nitrogens is 1. The van der Waals surface area contributed by atoms with E-state index in [9.17, 15) is 14.4 Å². The van der Waals surface area contributed by atoms with E-state index in [0.717, 1.165) is 0 Å². The van der Waals surface area contributed by atoms with Gasteiger partial charge in [0.2, 0.25) is 0 Å². The molecule has 1 amide bonds. The molecule has 0 aliphatic carbocycles. The first kappa shape index (κ1) is 13.0. The van der Waals surface area contributed by atoms with E-state index >= 15 is 0 Å². The Morgan fingerprint density at radius 2 is 2.11 bits per heavy atom. The number of H-pyrrole nitrogens is 1. The SMILES string of the molecule is O=C(NC(C(=O)O)c1cccs1)c1ccc[nH]c1=O. The fourth-order valence-electron chi connectivity index (χ4n) is 1.52. The molecule has 98 valence electrons. The predicted molar refractivity (Wildman–Crippen MR) is 69.2 cm³/mol. The van der Waals surface area contributed by atoms with Crippen molar-refractivity contribution in [3.05, 3.63) is 56.6 Å². The largest absolute Gasteiger partial charge is 0.479 e. The van der Waals surface area contributed by atoms with Crippen LogP contribution in [0.4, 0.5) is 0 Å². The molecule has 0 spiro atoms. The van der Waals surface area contributed by atoms with Crippen LogP contribution < -0.4 is 10.9 Å². The van der Waals surface area contributed by atoms with Gasteiger partial charge in [0.15, 0.2) is 6.04 Å². The van der Waals surface area contributed by atoms with Gasteiger partial charge in [-0.2, -0.15) is 0 Å². The third-order valence-electron chi connectivity index (χ3n) is 2.41. The fraction of sp³-hybridized carbons (Fsp3) is 0.0833. The lowest BCUT2D eigenvalue weighted by atomic mass is 10.2. The molecule has 0 saturated heterocycles. The summed E-state index contributed by atoms with van der Waals surface area (Å²) in [6.45, 7) is 0. The van der Waals surface area contributed by atoms with E-state index in [1.165, 1.54) is 29.7 Å². The van der Waals surface area contributed by atoms with Gasteiger partial charge in [-0.15, -0.1) is 11.3 Å². The molecule has 0 aliphatic heterocycles. The van der Waals surface area contributed by atoms with Gasteiger partial charge < -0.3 is 15.4 Å². The summed E-state index contributed by atoms with van der Waals surface area (Å²) in [6.07, 6.45) is 1.40. The summed E-state index contributed by atoms with van der Waals surface area (Å²) in [6, 6.07) is 4.97. The summed E-state index contributed by atoms with van der Waals surface area (Å²) in [7, 11) is 0. The van der Waals surface area contributed by atoms with E-state index in [0.29, 0.717) is 4.88 Å². The minimum absolute atomic E-state index is 0.120. The number of pyridine rings is 1. The molecule has 0 bridgehead atoms. The average Bonchev–Trinajstić information content (AvgIpc) is 2.89. The number of nitrogens with one attached hydrogen (secondary N) is 2. The maximum absolute atomic E-state index is 11.9. The van der Waals surface area contributed by atoms with Gasteiger partial charge in [0.1, 0.15) is 5.56 Å². The minimum Gasteiger partial charge on any atom is -0.479 e. The van der Waals surface area contributed by atoms with Crippen LogP contribution in [0.15, 0.2) is 40.6 Å². The topological polar surface area (TPSA) is 99.3 Å². The zero-order valence-electron chi connectivity index (χ0n) is 9.62. The van der Waals surface area contributed by atoms with Crippen LogP contribution >= 0.6 is 11.3 Å². The molecule has 3 N–H and O–H groups in total. The van der Waals surface area contributed by atoms with Gasteiger partial charge in [-0.05, 0) is 23.6 Å². The van der Waals surface area contributed by atoms with Crippen molar-refractivity contribution in [3.8, 4) is 0 Å². The Bertz CT molecular complexity index is 648. The zero-order chi connectivity index (χ0) is 13.8. The smallest absolute Gasteiger partial charge is 0.331 e. The second-order valence-electron chi connectivity index (χ2n) is 3.67. The van der Waals surface area contributed by atoms with Crippen LogP contribution in [0, 0.1) is 0 Å². The monoisotopic (exact) mass is 278 g/mol. The highest BCUT2D eigenvalue weighted by atomic mass is 32.1. The van der Waals surface area contributed by atoms with Gasteiger partial charge in [0.25, 0.3) is 11.5 Å². The van der Waals surface area contributed by atoms with Gasteiger partial charge in [-0.1, -0.05) is 6.07 Å². The molecule has 0 radical (unpaired) electrons. The molecule has 2 heterocycles. The first-order valence-corrected chi connectivity index (χ1v) is 6.22. The molecule has 0 aromatic carbocycles. The predicted octanol–water partition coefficient (Wildman–Crippen LogP) is 0.992. The van der Waals surface area contributed by atoms with Gasteiger partial charge in [-0.25, -0.2) is 4.79 Å². The van der Waals surface area contributed by atoms with Crippen LogP contribution in [-0.4, -0.2) is 22.0 Å². The number of amides is 1. The second kappa shape index (κ2) is 5.49. The van der Waals surface area contributed by atoms with Crippen molar-refractivity contribution in [2.45, 2.75) is 6.04 Å². The molecule has 19 heavy (non-hydrogen) atoms. The van der Waals surface area contributed by atoms with Crippen LogP contribution in [-0.2, 0) is 4.79 Å². The van der Waals surface area contributed by atoms with Crippen molar-refractivity contribution >= 4 is 23.2 Å². The Labute approximate surface area is 111 Å². The molecule has 7 heteroatoms. The zero-order valence-corrected chi connectivity index (χ0v) is 10.4. The van der Waals surface area contributed by atoms with E-state index in [1.807, 2.05) is 0 Å². The maximum Gasteiger partial charge on any atom is 0.331 e. The highest BCUT2D eigenvalue weighted by Gasteiger charge is 2.24. The highest BCUT2D eigenvalue weighted by Crippen LogP contribution is 2.19. The normalized spacial score (nSPS) is 11.8. The first-order valence-electron chi connectivity index (χ1n) is 5.34. The van der Waals surface area contributed by atoms with Gasteiger partial charge in [0.05, 0.1) is 0 Å². The Morgan fingerprint density at radius 1 is 1.32 bits per heavy atom. The first-order chi connectivity index (χ1) is 9.09. The van der Waals surface area contributed by atoms with Crippen molar-refractivity contribution in [1.29, 1.82) is 0 Å². The molecule has 1 atom stereocenters. The molecular formula is C12H10N2O4S. The molecule has 0 fully saturated rings. The Balaban J connectivity index is 2.24. The van der Waals surface area contributed by atoms with Crippen molar-refractivity contribution in [2.75, 3.05) is 0 Å². The maximum atomic E-state index is 11.9. The van der Waals surface area contributed by atoms with E-state index in [2.05, 4.69) is 10.3 Å². The van der Waals surface area contributed by atoms with E-state index in [-0.39, 0.29) is 5.56 Å². The van der Waals surface area contributed by atoms with E-state index in [1.54, 1.807) is 17.5 Å². The standard InChI is InChI=1S/C12H10N2O4S/c15-10-7(3-1-5-13-10)11(16)14-9(12(17)18)8-4-2-6-19-8/h1-6,9H,(H,13,15)(H,14,16)(H,17,18). The summed E-state index contributed by atoms with van der Waals surface area (Å²) in [4.78, 5) is 37.3. The summed E-state index contributed by atoms with van der Waals surface area (Å²) >= 11 is 1.22. The number of aliphatic carboxylic acids is 1. The molecule has 6 nitrogen and oxygen atoms in total. The number of rotatable bonds is 4. The third-order valence-corrected chi connectivity index (χ3v) is 3.35. The Hall–Kier alpha value is -2.41. The molecule has 0 saturated carbocycles. The number of carboxylic acids is 1. The number of hydrogen-bond donors (Lipinski definition) is 3. The number of carbonyl (C=O) groups excluding carboxylic acids is 1. The quantitative estimate of drug-likeness (QED) is 0.776.